The van der Waals surface area contributed by atoms with Crippen LogP contribution < -0.4 is 9.64 Å². The number of carbonyl (C=O) groups is 2. The zero-order chi connectivity index (χ0) is 29.4. The first-order valence-corrected chi connectivity index (χ1v) is 14.5. The van der Waals surface area contributed by atoms with Gasteiger partial charge in [0.05, 0.1) is 18.7 Å². The van der Waals surface area contributed by atoms with Crippen LogP contribution in [-0.2, 0) is 15.3 Å². The fourth-order valence-electron chi connectivity index (χ4n) is 4.89. The number of amides is 1. The fraction of sp³-hybridized carbons (Fsp3) is 0.0968. The predicted octanol–water partition coefficient (Wildman–Crippen LogP) is 6.46. The van der Waals surface area contributed by atoms with Crippen molar-refractivity contribution >= 4 is 56.5 Å². The molecular weight excluding hydrogens is 577 g/mol. The molecule has 0 radical (unpaired) electrons. The number of phenolic OH excluding ortho intramolecular Hbond substituents is 1. The van der Waals surface area contributed by atoms with Crippen molar-refractivity contribution in [1.82, 2.24) is 10.2 Å². The Morgan fingerprint density at radius 1 is 1.02 bits per heavy atom. The topological polar surface area (TPSA) is 113 Å². The Morgan fingerprint density at radius 3 is 2.55 bits per heavy atom. The molecule has 1 amide bonds. The third-order valence-electron chi connectivity index (χ3n) is 6.91. The van der Waals surface area contributed by atoms with Crippen LogP contribution in [-0.4, -0.2) is 39.2 Å². The van der Waals surface area contributed by atoms with Crippen molar-refractivity contribution in [2.45, 2.75) is 16.1 Å². The third-order valence-corrected chi connectivity index (χ3v) is 9.02. The highest BCUT2D eigenvalue weighted by atomic mass is 32.2. The lowest BCUT2D eigenvalue weighted by atomic mass is 9.95. The Morgan fingerprint density at radius 2 is 1.79 bits per heavy atom. The van der Waals surface area contributed by atoms with Crippen molar-refractivity contribution in [3.05, 3.63) is 113 Å². The quantitative estimate of drug-likeness (QED) is 0.0721. The maximum Gasteiger partial charge on any atom is 0.301 e. The molecule has 1 aliphatic heterocycles. The molecule has 42 heavy (non-hydrogen) atoms. The second kappa shape index (κ2) is 11.3. The van der Waals surface area contributed by atoms with Gasteiger partial charge in [-0.3, -0.25) is 14.5 Å². The van der Waals surface area contributed by atoms with E-state index in [0.29, 0.717) is 15.7 Å². The number of thioether (sulfide) groups is 1. The van der Waals surface area contributed by atoms with Gasteiger partial charge in [0.1, 0.15) is 11.5 Å². The number of hydrogen-bond donors (Lipinski definition) is 2. The van der Waals surface area contributed by atoms with Gasteiger partial charge in [0.25, 0.3) is 5.78 Å². The van der Waals surface area contributed by atoms with Crippen molar-refractivity contribution in [3.8, 4) is 11.5 Å². The van der Waals surface area contributed by atoms with E-state index in [-0.39, 0.29) is 27.8 Å². The molecule has 1 saturated heterocycles. The summed E-state index contributed by atoms with van der Waals surface area (Å²) in [4.78, 5) is 28.0. The molecule has 1 atom stereocenters. The van der Waals surface area contributed by atoms with E-state index in [9.17, 15) is 24.2 Å². The number of Topliss-reactive ketones (excluding diaryl/α,β-unsaturated/α-hetero) is 1. The number of rotatable bonds is 7. The van der Waals surface area contributed by atoms with E-state index >= 15 is 0 Å². The van der Waals surface area contributed by atoms with Crippen molar-refractivity contribution in [2.24, 2.45) is 0 Å². The molecule has 1 unspecified atom stereocenters. The van der Waals surface area contributed by atoms with E-state index in [4.69, 9.17) is 4.74 Å². The van der Waals surface area contributed by atoms with Gasteiger partial charge >= 0.3 is 5.91 Å². The minimum Gasteiger partial charge on any atom is -0.508 e. The molecule has 1 fully saturated rings. The van der Waals surface area contributed by atoms with Crippen molar-refractivity contribution in [1.29, 1.82) is 0 Å². The minimum absolute atomic E-state index is 0.00123. The average Bonchev–Trinajstić information content (AvgIpc) is 3.57. The van der Waals surface area contributed by atoms with E-state index in [0.717, 1.165) is 33.7 Å². The van der Waals surface area contributed by atoms with Crippen LogP contribution in [0.4, 0.5) is 9.52 Å². The number of aromatic nitrogens is 2. The number of aromatic hydroxyl groups is 1. The molecular formula is C31H22FN3O5S2. The van der Waals surface area contributed by atoms with Crippen LogP contribution in [0.15, 0.2) is 94.8 Å². The third kappa shape index (κ3) is 4.97. The van der Waals surface area contributed by atoms with E-state index in [1.807, 2.05) is 36.4 Å². The Kier molecular flexibility index (Phi) is 7.36. The molecule has 6 rings (SSSR count). The largest absolute Gasteiger partial charge is 0.508 e. The molecule has 11 heteroatoms. The number of phenols is 1. The summed E-state index contributed by atoms with van der Waals surface area (Å²) in [6.45, 7) is 0. The highest BCUT2D eigenvalue weighted by Gasteiger charge is 2.48. The maximum atomic E-state index is 14.5. The number of methoxy groups -OCH3 is 1. The number of halogens is 1. The molecule has 2 heterocycles. The number of ketones is 1. The summed E-state index contributed by atoms with van der Waals surface area (Å²) in [7, 11) is 1.31. The number of ether oxygens (including phenoxy) is 1. The van der Waals surface area contributed by atoms with E-state index in [1.165, 1.54) is 60.2 Å². The highest BCUT2D eigenvalue weighted by Crippen LogP contribution is 2.44. The summed E-state index contributed by atoms with van der Waals surface area (Å²) in [5, 5.41) is 32.0. The van der Waals surface area contributed by atoms with E-state index in [1.54, 1.807) is 0 Å². The standard InChI is InChI=1S/C31H22FN3O5S2/c1-40-24-14-11-19(15-23(24)32)27(37)25-26(18-9-12-21(36)13-10-18)35(29(39)28(25)38)30-33-34-31(42-30)41-16-20-7-4-6-17-5-2-3-8-22(17)20/h2-15,26,36-37H,16H2,1H3/b27-25-. The van der Waals surface area contributed by atoms with Crippen LogP contribution in [0.5, 0.6) is 11.5 Å². The van der Waals surface area contributed by atoms with Gasteiger partial charge in [-0.25, -0.2) is 4.39 Å². The highest BCUT2D eigenvalue weighted by molar-refractivity contribution is 8.00. The van der Waals surface area contributed by atoms with E-state index < -0.39 is 29.3 Å². The normalized spacial score (nSPS) is 16.3. The van der Waals surface area contributed by atoms with Gasteiger partial charge in [0.2, 0.25) is 5.13 Å². The second-order valence-corrected chi connectivity index (χ2v) is 11.6. The average molecular weight is 600 g/mol. The number of carbonyl (C=O) groups excluding carboxylic acids is 2. The zero-order valence-corrected chi connectivity index (χ0v) is 23.7. The molecule has 210 valence electrons. The Bertz CT molecular complexity index is 1870. The van der Waals surface area contributed by atoms with Crippen LogP contribution in [0.2, 0.25) is 0 Å². The zero-order valence-electron chi connectivity index (χ0n) is 22.0. The molecule has 5 aromatic rings. The van der Waals surface area contributed by atoms with Crippen molar-refractivity contribution in [2.75, 3.05) is 12.0 Å². The van der Waals surface area contributed by atoms with Gasteiger partial charge < -0.3 is 14.9 Å². The van der Waals surface area contributed by atoms with E-state index in [2.05, 4.69) is 16.3 Å². The molecule has 2 N–H and O–H groups in total. The molecule has 4 aromatic carbocycles. The number of benzene rings is 4. The van der Waals surface area contributed by atoms with Crippen LogP contribution in [0, 0.1) is 5.82 Å². The molecule has 0 bridgehead atoms. The summed E-state index contributed by atoms with van der Waals surface area (Å²) in [6, 6.07) is 22.7. The molecule has 8 nitrogen and oxygen atoms in total. The number of fused-ring (bicyclic) bond motifs is 1. The number of anilines is 1. The summed E-state index contributed by atoms with van der Waals surface area (Å²) in [5.74, 6) is -2.61. The Labute approximate surface area is 247 Å². The van der Waals surface area contributed by atoms with Crippen LogP contribution in [0.25, 0.3) is 16.5 Å². The molecule has 0 aliphatic carbocycles. The molecule has 0 spiro atoms. The molecule has 0 saturated carbocycles. The Hall–Kier alpha value is -4.74. The predicted molar refractivity (Wildman–Crippen MR) is 159 cm³/mol. The number of aliphatic hydroxyl groups excluding tert-OH is 1. The lowest BCUT2D eigenvalue weighted by Gasteiger charge is -2.22. The summed E-state index contributed by atoms with van der Waals surface area (Å²) in [6.07, 6.45) is 0. The lowest BCUT2D eigenvalue weighted by molar-refractivity contribution is -0.132. The number of nitrogens with zero attached hydrogens (tertiary/aromatic N) is 3. The van der Waals surface area contributed by atoms with Crippen LogP contribution in [0.1, 0.15) is 22.7 Å². The van der Waals surface area contributed by atoms with Crippen LogP contribution in [0.3, 0.4) is 0 Å². The molecule has 1 aromatic heterocycles. The van der Waals surface area contributed by atoms with Crippen LogP contribution >= 0.6 is 23.1 Å². The Balaban J connectivity index is 1.37. The van der Waals surface area contributed by atoms with Gasteiger partial charge in [0, 0.05) is 11.3 Å². The first kappa shape index (κ1) is 27.4. The summed E-state index contributed by atoms with van der Waals surface area (Å²) >= 11 is 2.59. The molecule has 1 aliphatic rings. The van der Waals surface area contributed by atoms with Gasteiger partial charge in [0.15, 0.2) is 15.9 Å². The lowest BCUT2D eigenvalue weighted by Crippen LogP contribution is -2.29. The van der Waals surface area contributed by atoms with Gasteiger partial charge in [-0.05, 0) is 52.2 Å². The summed E-state index contributed by atoms with van der Waals surface area (Å²) in [5.41, 5.74) is 1.31. The summed E-state index contributed by atoms with van der Waals surface area (Å²) < 4.78 is 20.0. The maximum absolute atomic E-state index is 14.5. The SMILES string of the molecule is COc1ccc(/C(O)=C2/C(=O)C(=O)N(c3nnc(SCc4cccc5ccccc45)s3)C2c2ccc(O)cc2)cc1F. The smallest absolute Gasteiger partial charge is 0.301 e. The van der Waals surface area contributed by atoms with Crippen molar-refractivity contribution in [3.63, 3.8) is 0 Å². The van der Waals surface area contributed by atoms with Crippen molar-refractivity contribution < 1.29 is 28.9 Å². The minimum atomic E-state index is -1.10. The van der Waals surface area contributed by atoms with Gasteiger partial charge in [-0.1, -0.05) is 77.7 Å². The number of hydrogen-bond acceptors (Lipinski definition) is 9. The monoisotopic (exact) mass is 599 g/mol. The van der Waals surface area contributed by atoms with Gasteiger partial charge in [-0.15, -0.1) is 10.2 Å². The first-order valence-electron chi connectivity index (χ1n) is 12.7. The van der Waals surface area contributed by atoms with Gasteiger partial charge in [-0.2, -0.15) is 0 Å². The second-order valence-electron chi connectivity index (χ2n) is 9.39. The first-order chi connectivity index (χ1) is 20.4. The number of aliphatic hydroxyl groups is 1. The fourth-order valence-corrected chi connectivity index (χ4v) is 6.76.